The van der Waals surface area contributed by atoms with Crippen LogP contribution < -0.4 is 10.1 Å². The number of carbonyl (C=O) groups is 1. The summed E-state index contributed by atoms with van der Waals surface area (Å²) in [6.45, 7) is 3.74. The van der Waals surface area contributed by atoms with E-state index in [0.717, 1.165) is 11.3 Å². The number of methoxy groups -OCH3 is 1. The number of fused-ring (bicyclic) bond motifs is 1. The number of hydrogen-bond donors (Lipinski definition) is 1. The maximum absolute atomic E-state index is 13.9. The van der Waals surface area contributed by atoms with Crippen LogP contribution in [0.2, 0.25) is 0 Å². The summed E-state index contributed by atoms with van der Waals surface area (Å²) in [7, 11) is 1.61. The zero-order valence-corrected chi connectivity index (χ0v) is 14.4. The number of aryl methyl sites for hydroxylation is 1. The van der Waals surface area contributed by atoms with Crippen molar-refractivity contribution in [2.75, 3.05) is 7.11 Å². The lowest BCUT2D eigenvalue weighted by molar-refractivity contribution is 0.0908. The maximum Gasteiger partial charge on any atom is 0.287 e. The number of ether oxygens (including phenoxy) is 1. The van der Waals surface area contributed by atoms with Gasteiger partial charge in [-0.05, 0) is 37.1 Å². The Morgan fingerprint density at radius 2 is 1.96 bits per heavy atom. The summed E-state index contributed by atoms with van der Waals surface area (Å²) in [5, 5.41) is 3.58. The molecule has 0 aliphatic heterocycles. The van der Waals surface area contributed by atoms with Gasteiger partial charge in [-0.2, -0.15) is 0 Å². The molecule has 0 spiro atoms. The summed E-state index contributed by atoms with van der Waals surface area (Å²) in [4.78, 5) is 12.7. The minimum absolute atomic E-state index is 0.114. The molecule has 1 unspecified atom stereocenters. The molecule has 25 heavy (non-hydrogen) atoms. The van der Waals surface area contributed by atoms with Gasteiger partial charge in [0.1, 0.15) is 5.75 Å². The Labute approximate surface area is 145 Å². The third-order valence-electron chi connectivity index (χ3n) is 4.35. The first-order chi connectivity index (χ1) is 12.0. The molecule has 3 aromatic rings. The van der Waals surface area contributed by atoms with Crippen molar-refractivity contribution in [2.24, 2.45) is 0 Å². The van der Waals surface area contributed by atoms with Crippen molar-refractivity contribution in [3.05, 3.63) is 65.2 Å². The summed E-state index contributed by atoms with van der Waals surface area (Å²) in [6, 6.07) is 12.0. The first-order valence-corrected chi connectivity index (χ1v) is 8.17. The second kappa shape index (κ2) is 6.97. The van der Waals surface area contributed by atoms with Crippen molar-refractivity contribution in [1.82, 2.24) is 5.32 Å². The van der Waals surface area contributed by atoms with Crippen molar-refractivity contribution in [1.29, 1.82) is 0 Å². The third kappa shape index (κ3) is 3.22. The fourth-order valence-electron chi connectivity index (χ4n) is 2.91. The van der Waals surface area contributed by atoms with Gasteiger partial charge in [0, 0.05) is 10.9 Å². The Hall–Kier alpha value is -2.82. The lowest BCUT2D eigenvalue weighted by Gasteiger charge is -2.17. The monoisotopic (exact) mass is 341 g/mol. The molecule has 0 saturated carbocycles. The summed E-state index contributed by atoms with van der Waals surface area (Å²) < 4.78 is 24.5. The van der Waals surface area contributed by atoms with E-state index in [-0.39, 0.29) is 23.3 Å². The summed E-state index contributed by atoms with van der Waals surface area (Å²) in [6.07, 6.45) is 0.714. The Kier molecular flexibility index (Phi) is 4.74. The highest BCUT2D eigenvalue weighted by Gasteiger charge is 2.22. The first kappa shape index (κ1) is 17.0. The zero-order chi connectivity index (χ0) is 18.0. The lowest BCUT2D eigenvalue weighted by atomic mass is 10.0. The topological polar surface area (TPSA) is 51.5 Å². The molecule has 3 rings (SSSR count). The van der Waals surface area contributed by atoms with Crippen LogP contribution in [0.4, 0.5) is 4.39 Å². The number of rotatable bonds is 5. The van der Waals surface area contributed by atoms with Gasteiger partial charge in [0.05, 0.1) is 13.2 Å². The Balaban J connectivity index is 1.87. The van der Waals surface area contributed by atoms with Gasteiger partial charge in [-0.15, -0.1) is 0 Å². The minimum Gasteiger partial charge on any atom is -0.497 e. The Morgan fingerprint density at radius 1 is 1.24 bits per heavy atom. The number of furan rings is 1. The van der Waals surface area contributed by atoms with Gasteiger partial charge in [0.25, 0.3) is 5.91 Å². The van der Waals surface area contributed by atoms with E-state index in [1.54, 1.807) is 26.2 Å². The van der Waals surface area contributed by atoms with Crippen LogP contribution >= 0.6 is 0 Å². The Bertz CT molecular complexity index is 899. The molecule has 130 valence electrons. The van der Waals surface area contributed by atoms with E-state index in [9.17, 15) is 9.18 Å². The average molecular weight is 341 g/mol. The van der Waals surface area contributed by atoms with Crippen molar-refractivity contribution in [3.63, 3.8) is 0 Å². The molecule has 0 bridgehead atoms. The average Bonchev–Trinajstić information content (AvgIpc) is 2.98. The van der Waals surface area contributed by atoms with Crippen molar-refractivity contribution < 1.29 is 18.3 Å². The SMILES string of the molecule is CCC(NC(=O)c1oc2c(F)cccc2c1C)c1ccc(OC)cc1. The van der Waals surface area contributed by atoms with Gasteiger partial charge >= 0.3 is 0 Å². The van der Waals surface area contributed by atoms with E-state index in [1.807, 2.05) is 31.2 Å². The van der Waals surface area contributed by atoms with Crippen LogP contribution in [0.15, 0.2) is 46.9 Å². The molecule has 0 aliphatic carbocycles. The first-order valence-electron chi connectivity index (χ1n) is 8.17. The van der Waals surface area contributed by atoms with E-state index in [2.05, 4.69) is 5.32 Å². The maximum atomic E-state index is 13.9. The summed E-state index contributed by atoms with van der Waals surface area (Å²) in [5.74, 6) is 0.0817. The molecule has 4 nitrogen and oxygen atoms in total. The van der Waals surface area contributed by atoms with Gasteiger partial charge in [-0.25, -0.2) is 4.39 Å². The fraction of sp³-hybridized carbons (Fsp3) is 0.250. The molecule has 1 N–H and O–H groups in total. The quantitative estimate of drug-likeness (QED) is 0.727. The molecule has 5 heteroatoms. The molecule has 1 aromatic heterocycles. The molecule has 0 radical (unpaired) electrons. The van der Waals surface area contributed by atoms with E-state index in [1.165, 1.54) is 6.07 Å². The number of halogens is 1. The van der Waals surface area contributed by atoms with Crippen LogP contribution in [-0.2, 0) is 0 Å². The van der Waals surface area contributed by atoms with Crippen LogP contribution in [0.1, 0.15) is 41.1 Å². The summed E-state index contributed by atoms with van der Waals surface area (Å²) >= 11 is 0. The van der Waals surface area contributed by atoms with Gasteiger partial charge in [-0.1, -0.05) is 31.2 Å². The smallest absolute Gasteiger partial charge is 0.287 e. The summed E-state index contributed by atoms with van der Waals surface area (Å²) in [5.41, 5.74) is 1.72. The molecular formula is C20H20FNO3. The second-order valence-corrected chi connectivity index (χ2v) is 5.88. The number of amides is 1. The fourth-order valence-corrected chi connectivity index (χ4v) is 2.91. The van der Waals surface area contributed by atoms with Gasteiger partial charge < -0.3 is 14.5 Å². The number of hydrogen-bond acceptors (Lipinski definition) is 3. The van der Waals surface area contributed by atoms with Gasteiger partial charge in [0.2, 0.25) is 0 Å². The molecule has 0 saturated heterocycles. The minimum atomic E-state index is -0.471. The van der Waals surface area contributed by atoms with Gasteiger partial charge in [-0.3, -0.25) is 4.79 Å². The molecule has 0 aliphatic rings. The van der Waals surface area contributed by atoms with E-state index >= 15 is 0 Å². The highest BCUT2D eigenvalue weighted by atomic mass is 19.1. The molecular weight excluding hydrogens is 321 g/mol. The number of para-hydroxylation sites is 1. The molecule has 2 aromatic carbocycles. The zero-order valence-electron chi connectivity index (χ0n) is 14.4. The standard InChI is InChI=1S/C20H20FNO3/c1-4-17(13-8-10-14(24-3)11-9-13)22-20(23)18-12(2)15-6-5-7-16(21)19(15)25-18/h5-11,17H,4H2,1-3H3,(H,22,23). The third-order valence-corrected chi connectivity index (χ3v) is 4.35. The lowest BCUT2D eigenvalue weighted by Crippen LogP contribution is -2.28. The highest BCUT2D eigenvalue weighted by molar-refractivity contribution is 5.99. The number of benzene rings is 2. The van der Waals surface area contributed by atoms with Crippen molar-refractivity contribution >= 4 is 16.9 Å². The van der Waals surface area contributed by atoms with Crippen LogP contribution in [0.5, 0.6) is 5.75 Å². The number of carbonyl (C=O) groups excluding carboxylic acids is 1. The van der Waals surface area contributed by atoms with Crippen molar-refractivity contribution in [3.8, 4) is 5.75 Å². The van der Waals surface area contributed by atoms with E-state index < -0.39 is 5.82 Å². The predicted octanol–water partition coefficient (Wildman–Crippen LogP) is 4.77. The van der Waals surface area contributed by atoms with Crippen LogP contribution in [0.3, 0.4) is 0 Å². The Morgan fingerprint density at radius 3 is 2.56 bits per heavy atom. The van der Waals surface area contributed by atoms with Crippen LogP contribution in [0, 0.1) is 12.7 Å². The van der Waals surface area contributed by atoms with Crippen LogP contribution in [0.25, 0.3) is 11.0 Å². The van der Waals surface area contributed by atoms with E-state index in [0.29, 0.717) is 17.4 Å². The molecule has 1 heterocycles. The largest absolute Gasteiger partial charge is 0.497 e. The predicted molar refractivity (Wildman–Crippen MR) is 94.4 cm³/mol. The number of nitrogens with one attached hydrogen (secondary N) is 1. The van der Waals surface area contributed by atoms with Crippen LogP contribution in [-0.4, -0.2) is 13.0 Å². The molecule has 1 amide bonds. The molecule has 1 atom stereocenters. The van der Waals surface area contributed by atoms with Crippen molar-refractivity contribution in [2.45, 2.75) is 26.3 Å². The van der Waals surface area contributed by atoms with E-state index in [4.69, 9.17) is 9.15 Å². The highest BCUT2D eigenvalue weighted by Crippen LogP contribution is 2.28. The second-order valence-electron chi connectivity index (χ2n) is 5.88. The normalized spacial score (nSPS) is 12.2. The van der Waals surface area contributed by atoms with Gasteiger partial charge in [0.15, 0.2) is 17.2 Å². The molecule has 0 fully saturated rings.